The van der Waals surface area contributed by atoms with Gasteiger partial charge in [-0.1, -0.05) is 23.2 Å². The molecule has 0 radical (unpaired) electrons. The summed E-state index contributed by atoms with van der Waals surface area (Å²) in [7, 11) is 0. The summed E-state index contributed by atoms with van der Waals surface area (Å²) in [4.78, 5) is 15.7. The molecule has 0 bridgehead atoms. The summed E-state index contributed by atoms with van der Waals surface area (Å²) >= 11 is 14.9. The van der Waals surface area contributed by atoms with E-state index in [1.807, 2.05) is 0 Å². The van der Waals surface area contributed by atoms with Gasteiger partial charge in [0, 0.05) is 21.9 Å². The normalized spacial score (nSPS) is 10.2. The van der Waals surface area contributed by atoms with Gasteiger partial charge in [-0.3, -0.25) is 4.98 Å². The molecule has 1 aromatic carbocycles. The third-order valence-corrected chi connectivity index (χ3v) is 3.00. The Morgan fingerprint density at radius 2 is 2.00 bits per heavy atom. The number of hydrogen-bond acceptors (Lipinski definition) is 3. The van der Waals surface area contributed by atoms with E-state index in [0.29, 0.717) is 15.1 Å². The minimum Gasteiger partial charge on any atom is -0.421 e. The van der Waals surface area contributed by atoms with Crippen molar-refractivity contribution in [2.75, 3.05) is 0 Å². The first-order valence-corrected chi connectivity index (χ1v) is 6.39. The van der Waals surface area contributed by atoms with Gasteiger partial charge in [0.2, 0.25) is 0 Å². The summed E-state index contributed by atoms with van der Waals surface area (Å²) in [5.74, 6) is -0.279. The van der Waals surface area contributed by atoms with Crippen LogP contribution < -0.4 is 4.74 Å². The van der Waals surface area contributed by atoms with Crippen LogP contribution in [-0.4, -0.2) is 11.0 Å². The molecule has 0 N–H and O–H groups in total. The molecule has 2 aromatic rings. The molecule has 0 aliphatic carbocycles. The number of carbonyl (C=O) groups excluding carboxylic acids is 1. The Morgan fingerprint density at radius 3 is 2.67 bits per heavy atom. The number of ether oxygens (including phenoxy) is 1. The topological polar surface area (TPSA) is 39.2 Å². The number of esters is 1. The molecule has 18 heavy (non-hydrogen) atoms. The Balaban J connectivity index is 2.21. The molecule has 0 amide bonds. The number of halogens is 3. The Bertz CT molecular complexity index is 604. The molecular weight excluding hydrogens is 341 g/mol. The summed E-state index contributed by atoms with van der Waals surface area (Å²) in [5.41, 5.74) is 0.329. The van der Waals surface area contributed by atoms with Gasteiger partial charge in [0.25, 0.3) is 0 Å². The van der Waals surface area contributed by atoms with Gasteiger partial charge in [0.15, 0.2) is 0 Å². The fourth-order valence-corrected chi connectivity index (χ4v) is 2.05. The smallest absolute Gasteiger partial charge is 0.345 e. The van der Waals surface area contributed by atoms with E-state index >= 15 is 0 Å². The lowest BCUT2D eigenvalue weighted by molar-refractivity contribution is 0.0734. The van der Waals surface area contributed by atoms with Crippen LogP contribution in [-0.2, 0) is 0 Å². The predicted molar refractivity (Wildman–Crippen MR) is 73.4 cm³/mol. The second-order valence-corrected chi connectivity index (χ2v) is 5.12. The fourth-order valence-electron chi connectivity index (χ4n) is 1.24. The molecular formula is C12H6BrCl2NO2. The highest BCUT2D eigenvalue weighted by atomic mass is 79.9. The van der Waals surface area contributed by atoms with E-state index in [1.165, 1.54) is 18.3 Å². The molecule has 2 rings (SSSR count). The summed E-state index contributed by atoms with van der Waals surface area (Å²) in [6.45, 7) is 0. The Labute approximate surface area is 122 Å². The summed E-state index contributed by atoms with van der Waals surface area (Å²) in [6, 6.07) is 6.24. The zero-order valence-electron chi connectivity index (χ0n) is 8.86. The summed E-state index contributed by atoms with van der Waals surface area (Å²) in [6.07, 6.45) is 2.99. The number of hydrogen-bond donors (Lipinski definition) is 0. The minimum absolute atomic E-state index is 0.256. The Morgan fingerprint density at radius 1 is 1.22 bits per heavy atom. The number of aromatic nitrogens is 1. The van der Waals surface area contributed by atoms with Gasteiger partial charge in [-0.15, -0.1) is 0 Å². The molecule has 0 spiro atoms. The Hall–Kier alpha value is -1.10. The first-order valence-electron chi connectivity index (χ1n) is 4.84. The van der Waals surface area contributed by atoms with E-state index in [0.717, 1.165) is 0 Å². The van der Waals surface area contributed by atoms with Gasteiger partial charge in [-0.2, -0.15) is 0 Å². The van der Waals surface area contributed by atoms with Crippen molar-refractivity contribution in [1.82, 2.24) is 4.98 Å². The molecule has 6 heteroatoms. The maximum absolute atomic E-state index is 11.8. The monoisotopic (exact) mass is 345 g/mol. The average Bonchev–Trinajstić information content (AvgIpc) is 2.32. The van der Waals surface area contributed by atoms with Crippen molar-refractivity contribution in [1.29, 1.82) is 0 Å². The first kappa shape index (κ1) is 13.3. The molecule has 0 atom stereocenters. The van der Waals surface area contributed by atoms with Crippen molar-refractivity contribution in [2.24, 2.45) is 0 Å². The largest absolute Gasteiger partial charge is 0.421 e. The van der Waals surface area contributed by atoms with E-state index in [9.17, 15) is 4.79 Å². The third-order valence-electron chi connectivity index (χ3n) is 2.04. The van der Waals surface area contributed by atoms with E-state index < -0.39 is 5.97 Å². The molecule has 3 nitrogen and oxygen atoms in total. The van der Waals surface area contributed by atoms with E-state index in [4.69, 9.17) is 27.9 Å². The zero-order chi connectivity index (χ0) is 13.1. The summed E-state index contributed by atoms with van der Waals surface area (Å²) < 4.78 is 5.84. The van der Waals surface area contributed by atoms with E-state index in [-0.39, 0.29) is 10.8 Å². The maximum Gasteiger partial charge on any atom is 0.345 e. The molecule has 92 valence electrons. The third kappa shape index (κ3) is 3.22. The second kappa shape index (κ2) is 5.69. The van der Waals surface area contributed by atoms with Gasteiger partial charge < -0.3 is 4.74 Å². The first-order chi connectivity index (χ1) is 8.56. The molecule has 0 saturated heterocycles. The highest BCUT2D eigenvalue weighted by Gasteiger charge is 2.12. The number of pyridine rings is 1. The summed E-state index contributed by atoms with van der Waals surface area (Å²) in [5, 5.41) is 0.753. The van der Waals surface area contributed by atoms with E-state index in [2.05, 4.69) is 20.9 Å². The van der Waals surface area contributed by atoms with Crippen molar-refractivity contribution in [3.8, 4) is 5.75 Å². The second-order valence-electron chi connectivity index (χ2n) is 3.36. The molecule has 0 saturated carbocycles. The number of nitrogens with zero attached hydrogens (tertiary/aromatic N) is 1. The number of benzene rings is 1. The molecule has 0 fully saturated rings. The minimum atomic E-state index is -0.534. The highest BCUT2D eigenvalue weighted by Crippen LogP contribution is 2.28. The average molecular weight is 347 g/mol. The number of carbonyl (C=O) groups is 1. The van der Waals surface area contributed by atoms with Crippen molar-refractivity contribution < 1.29 is 9.53 Å². The van der Waals surface area contributed by atoms with Gasteiger partial charge in [-0.05, 0) is 40.2 Å². The van der Waals surface area contributed by atoms with Crippen LogP contribution in [0.25, 0.3) is 0 Å². The molecule has 1 aromatic heterocycles. The maximum atomic E-state index is 11.8. The molecule has 0 unspecified atom stereocenters. The van der Waals surface area contributed by atoms with Gasteiger partial charge in [0.05, 0.1) is 10.6 Å². The zero-order valence-corrected chi connectivity index (χ0v) is 12.0. The lowest BCUT2D eigenvalue weighted by atomic mass is 10.3. The molecule has 0 aliphatic rings. The Kier molecular flexibility index (Phi) is 4.22. The van der Waals surface area contributed by atoms with Crippen LogP contribution in [0.2, 0.25) is 10.0 Å². The van der Waals surface area contributed by atoms with Crippen LogP contribution in [0.4, 0.5) is 0 Å². The van der Waals surface area contributed by atoms with Crippen LogP contribution in [0.1, 0.15) is 10.4 Å². The van der Waals surface area contributed by atoms with Crippen LogP contribution in [0, 0.1) is 0 Å². The van der Waals surface area contributed by atoms with Gasteiger partial charge in [-0.25, -0.2) is 4.79 Å². The highest BCUT2D eigenvalue weighted by molar-refractivity contribution is 9.10. The van der Waals surface area contributed by atoms with Crippen molar-refractivity contribution in [3.05, 3.63) is 56.7 Å². The van der Waals surface area contributed by atoms with Crippen LogP contribution in [0.5, 0.6) is 5.75 Å². The van der Waals surface area contributed by atoms with Crippen molar-refractivity contribution >= 4 is 45.1 Å². The van der Waals surface area contributed by atoms with Crippen LogP contribution >= 0.6 is 39.1 Å². The lowest BCUT2D eigenvalue weighted by Crippen LogP contribution is -2.09. The molecule has 0 aliphatic heterocycles. The van der Waals surface area contributed by atoms with Gasteiger partial charge in [0.1, 0.15) is 5.75 Å². The fraction of sp³-hybridized carbons (Fsp3) is 0. The predicted octanol–water partition coefficient (Wildman–Crippen LogP) is 4.37. The molecule has 1 heterocycles. The van der Waals surface area contributed by atoms with Crippen molar-refractivity contribution in [3.63, 3.8) is 0 Å². The SMILES string of the molecule is O=C(Oc1ccc(Cl)cc1Cl)c1cncc(Br)c1. The quantitative estimate of drug-likeness (QED) is 0.598. The van der Waals surface area contributed by atoms with Crippen molar-refractivity contribution in [2.45, 2.75) is 0 Å². The lowest BCUT2D eigenvalue weighted by Gasteiger charge is -2.06. The standard InChI is InChI=1S/C12H6BrCl2NO2/c13-8-3-7(5-16-6-8)12(17)18-11-2-1-9(14)4-10(11)15/h1-6H. The van der Waals surface area contributed by atoms with Gasteiger partial charge >= 0.3 is 5.97 Å². The van der Waals surface area contributed by atoms with Crippen LogP contribution in [0.15, 0.2) is 41.1 Å². The number of rotatable bonds is 2. The van der Waals surface area contributed by atoms with Crippen LogP contribution in [0.3, 0.4) is 0 Å². The van der Waals surface area contributed by atoms with E-state index in [1.54, 1.807) is 18.3 Å².